The molecule has 0 spiro atoms. The molecular weight excluding hydrogens is 350 g/mol. The van der Waals surface area contributed by atoms with Crippen molar-refractivity contribution in [2.75, 3.05) is 6.61 Å². The summed E-state index contributed by atoms with van der Waals surface area (Å²) in [5, 5.41) is 4.73. The van der Waals surface area contributed by atoms with Crippen molar-refractivity contribution in [1.82, 2.24) is 9.78 Å². The number of hydrogen-bond acceptors (Lipinski definition) is 4. The Morgan fingerprint density at radius 3 is 2.50 bits per heavy atom. The Balaban J connectivity index is 1.69. The highest BCUT2D eigenvalue weighted by Gasteiger charge is 2.14. The van der Waals surface area contributed by atoms with Gasteiger partial charge in [-0.3, -0.25) is 4.99 Å². The minimum Gasteiger partial charge on any atom is -0.494 e. The lowest BCUT2D eigenvalue weighted by Gasteiger charge is -2.01. The second-order valence-electron chi connectivity index (χ2n) is 6.31. The standard InChI is InChI=1S/C23H21N3O2/c1-3-27-21-12-10-19(11-13-21)24-15-18-16-26(20-7-5-4-6-8-20)25-23(18)22-14-9-17(2)28-22/h4-16H,3H2,1-2H3. The third-order valence-electron chi connectivity index (χ3n) is 4.24. The first-order chi connectivity index (χ1) is 13.7. The summed E-state index contributed by atoms with van der Waals surface area (Å²) in [4.78, 5) is 4.60. The van der Waals surface area contributed by atoms with E-state index in [0.717, 1.165) is 39.9 Å². The number of nitrogens with zero attached hydrogens (tertiary/aromatic N) is 3. The Kier molecular flexibility index (Phi) is 5.06. The van der Waals surface area contributed by atoms with Crippen LogP contribution in [0.5, 0.6) is 5.75 Å². The molecule has 0 saturated heterocycles. The van der Waals surface area contributed by atoms with Gasteiger partial charge in [0.2, 0.25) is 0 Å². The van der Waals surface area contributed by atoms with E-state index in [4.69, 9.17) is 14.3 Å². The number of aliphatic imine (C=N–C) groups is 1. The molecule has 0 aliphatic heterocycles. The van der Waals surface area contributed by atoms with E-state index < -0.39 is 0 Å². The summed E-state index contributed by atoms with van der Waals surface area (Å²) >= 11 is 0. The predicted octanol–water partition coefficient (Wildman–Crippen LogP) is 5.59. The number of furan rings is 1. The number of hydrogen-bond donors (Lipinski definition) is 0. The van der Waals surface area contributed by atoms with Crippen LogP contribution < -0.4 is 4.74 Å². The molecule has 0 aliphatic rings. The molecule has 28 heavy (non-hydrogen) atoms. The zero-order valence-corrected chi connectivity index (χ0v) is 15.9. The highest BCUT2D eigenvalue weighted by molar-refractivity contribution is 5.89. The smallest absolute Gasteiger partial charge is 0.155 e. The van der Waals surface area contributed by atoms with Crippen molar-refractivity contribution in [2.45, 2.75) is 13.8 Å². The van der Waals surface area contributed by atoms with Crippen LogP contribution >= 0.6 is 0 Å². The second kappa shape index (κ2) is 7.96. The van der Waals surface area contributed by atoms with Gasteiger partial charge in [-0.1, -0.05) is 18.2 Å². The number of rotatable bonds is 6. The van der Waals surface area contributed by atoms with Gasteiger partial charge in [-0.25, -0.2) is 4.68 Å². The Morgan fingerprint density at radius 2 is 1.82 bits per heavy atom. The monoisotopic (exact) mass is 371 g/mol. The van der Waals surface area contributed by atoms with Crippen LogP contribution in [0.1, 0.15) is 18.2 Å². The first-order valence-corrected chi connectivity index (χ1v) is 9.22. The Labute approximate surface area is 163 Å². The van der Waals surface area contributed by atoms with E-state index in [9.17, 15) is 0 Å². The quantitative estimate of drug-likeness (QED) is 0.415. The van der Waals surface area contributed by atoms with E-state index in [1.54, 1.807) is 0 Å². The molecule has 5 heteroatoms. The number of aryl methyl sites for hydroxylation is 1. The average molecular weight is 371 g/mol. The summed E-state index contributed by atoms with van der Waals surface area (Å²) in [6.45, 7) is 4.53. The largest absolute Gasteiger partial charge is 0.494 e. The maximum absolute atomic E-state index is 5.80. The predicted molar refractivity (Wildman–Crippen MR) is 111 cm³/mol. The summed E-state index contributed by atoms with van der Waals surface area (Å²) in [6.07, 6.45) is 3.77. The van der Waals surface area contributed by atoms with Crippen LogP contribution in [-0.4, -0.2) is 22.6 Å². The van der Waals surface area contributed by atoms with Gasteiger partial charge < -0.3 is 9.15 Å². The Bertz CT molecular complexity index is 1080. The average Bonchev–Trinajstić information content (AvgIpc) is 3.34. The molecule has 0 N–H and O–H groups in total. The van der Waals surface area contributed by atoms with E-state index in [2.05, 4.69) is 4.99 Å². The van der Waals surface area contributed by atoms with Crippen LogP contribution in [-0.2, 0) is 0 Å². The van der Waals surface area contributed by atoms with E-state index >= 15 is 0 Å². The van der Waals surface area contributed by atoms with E-state index in [1.165, 1.54) is 0 Å². The molecule has 0 amide bonds. The summed E-state index contributed by atoms with van der Waals surface area (Å²) < 4.78 is 13.1. The first kappa shape index (κ1) is 17.8. The fourth-order valence-corrected chi connectivity index (χ4v) is 2.89. The molecule has 0 bridgehead atoms. The van der Waals surface area contributed by atoms with E-state index in [0.29, 0.717) is 6.61 Å². The van der Waals surface area contributed by atoms with Crippen molar-refractivity contribution in [3.05, 3.63) is 84.3 Å². The van der Waals surface area contributed by atoms with Crippen molar-refractivity contribution in [3.8, 4) is 22.9 Å². The molecule has 4 rings (SSSR count). The molecule has 4 aromatic rings. The molecule has 0 radical (unpaired) electrons. The molecule has 0 fully saturated rings. The highest BCUT2D eigenvalue weighted by atomic mass is 16.5. The summed E-state index contributed by atoms with van der Waals surface area (Å²) in [7, 11) is 0. The van der Waals surface area contributed by atoms with Crippen LogP contribution in [0.15, 0.2) is 82.3 Å². The van der Waals surface area contributed by atoms with Crippen molar-refractivity contribution in [3.63, 3.8) is 0 Å². The normalized spacial score (nSPS) is 11.2. The van der Waals surface area contributed by atoms with Crippen LogP contribution in [0.25, 0.3) is 17.1 Å². The second-order valence-corrected chi connectivity index (χ2v) is 6.31. The van der Waals surface area contributed by atoms with E-state index in [-0.39, 0.29) is 0 Å². The minimum absolute atomic E-state index is 0.646. The molecule has 0 unspecified atom stereocenters. The van der Waals surface area contributed by atoms with Crippen LogP contribution in [0.2, 0.25) is 0 Å². The SMILES string of the molecule is CCOc1ccc(N=Cc2cn(-c3ccccc3)nc2-c2ccc(C)o2)cc1. The molecule has 2 aromatic carbocycles. The van der Waals surface area contributed by atoms with Crippen LogP contribution in [0, 0.1) is 6.92 Å². The van der Waals surface area contributed by atoms with Gasteiger partial charge in [0.25, 0.3) is 0 Å². The summed E-state index contributed by atoms with van der Waals surface area (Å²) in [6, 6.07) is 21.5. The fraction of sp³-hybridized carbons (Fsp3) is 0.130. The summed E-state index contributed by atoms with van der Waals surface area (Å²) in [5.41, 5.74) is 3.46. The van der Waals surface area contributed by atoms with Crippen molar-refractivity contribution in [2.24, 2.45) is 4.99 Å². The first-order valence-electron chi connectivity index (χ1n) is 9.22. The van der Waals surface area contributed by atoms with Crippen molar-refractivity contribution >= 4 is 11.9 Å². The molecule has 2 heterocycles. The van der Waals surface area contributed by atoms with Gasteiger partial charge in [0.15, 0.2) is 5.76 Å². The van der Waals surface area contributed by atoms with Crippen LogP contribution in [0.3, 0.4) is 0 Å². The lowest BCUT2D eigenvalue weighted by Crippen LogP contribution is -1.93. The fourth-order valence-electron chi connectivity index (χ4n) is 2.89. The molecule has 0 saturated carbocycles. The third-order valence-corrected chi connectivity index (χ3v) is 4.24. The Morgan fingerprint density at radius 1 is 1.04 bits per heavy atom. The number of benzene rings is 2. The molecular formula is C23H21N3O2. The van der Waals surface area contributed by atoms with Crippen molar-refractivity contribution in [1.29, 1.82) is 0 Å². The maximum Gasteiger partial charge on any atom is 0.155 e. The van der Waals surface area contributed by atoms with Gasteiger partial charge in [-0.15, -0.1) is 0 Å². The maximum atomic E-state index is 5.80. The van der Waals surface area contributed by atoms with E-state index in [1.807, 2.05) is 97.7 Å². The van der Waals surface area contributed by atoms with Gasteiger partial charge >= 0.3 is 0 Å². The minimum atomic E-state index is 0.646. The lowest BCUT2D eigenvalue weighted by molar-refractivity contribution is 0.340. The number of ether oxygens (including phenoxy) is 1. The van der Waals surface area contributed by atoms with Gasteiger partial charge in [0.1, 0.15) is 17.2 Å². The zero-order chi connectivity index (χ0) is 19.3. The Hall–Kier alpha value is -3.60. The zero-order valence-electron chi connectivity index (χ0n) is 15.9. The van der Waals surface area contributed by atoms with Gasteiger partial charge in [0.05, 0.1) is 18.0 Å². The van der Waals surface area contributed by atoms with Crippen LogP contribution in [0.4, 0.5) is 5.69 Å². The van der Waals surface area contributed by atoms with Crippen molar-refractivity contribution < 1.29 is 9.15 Å². The number of aromatic nitrogens is 2. The molecule has 140 valence electrons. The summed E-state index contributed by atoms with van der Waals surface area (Å²) in [5.74, 6) is 2.41. The molecule has 2 aromatic heterocycles. The topological polar surface area (TPSA) is 52.5 Å². The lowest BCUT2D eigenvalue weighted by atomic mass is 10.2. The van der Waals surface area contributed by atoms with Gasteiger partial charge in [0, 0.05) is 18.0 Å². The molecule has 0 atom stereocenters. The highest BCUT2D eigenvalue weighted by Crippen LogP contribution is 2.25. The van der Waals surface area contributed by atoms with Gasteiger partial charge in [-0.2, -0.15) is 5.10 Å². The van der Waals surface area contributed by atoms with Gasteiger partial charge in [-0.05, 0) is 62.4 Å². The molecule has 0 aliphatic carbocycles. The molecule has 5 nitrogen and oxygen atoms in total. The number of para-hydroxylation sites is 1. The third kappa shape index (κ3) is 3.88.